The lowest BCUT2D eigenvalue weighted by Crippen LogP contribution is -2.12. The van der Waals surface area contributed by atoms with Crippen molar-refractivity contribution in [3.8, 4) is 17.2 Å². The van der Waals surface area contributed by atoms with Gasteiger partial charge in [-0.25, -0.2) is 14.4 Å². The third-order valence-corrected chi connectivity index (χ3v) is 3.43. The molecular weight excluding hydrogens is 364 g/mol. The van der Waals surface area contributed by atoms with Crippen LogP contribution in [0.15, 0.2) is 61.2 Å². The second-order valence-corrected chi connectivity index (χ2v) is 5.56. The Labute approximate surface area is 162 Å². The largest absolute Gasteiger partial charge is 0.513 e. The Balaban J connectivity index is 1.89. The monoisotopic (exact) mass is 384 g/mol. The van der Waals surface area contributed by atoms with Crippen LogP contribution in [0.2, 0.25) is 0 Å². The predicted octanol–water partition coefficient (Wildman–Crippen LogP) is 4.31. The van der Waals surface area contributed by atoms with Crippen LogP contribution in [0.5, 0.6) is 17.2 Å². The quantitative estimate of drug-likeness (QED) is 0.220. The van der Waals surface area contributed by atoms with Crippen LogP contribution in [-0.4, -0.2) is 24.7 Å². The van der Waals surface area contributed by atoms with E-state index in [0.717, 1.165) is 18.9 Å². The third-order valence-electron chi connectivity index (χ3n) is 3.43. The van der Waals surface area contributed by atoms with Gasteiger partial charge in [-0.15, -0.1) is 0 Å². The maximum atomic E-state index is 12.2. The van der Waals surface area contributed by atoms with Crippen LogP contribution in [0.25, 0.3) is 0 Å². The van der Waals surface area contributed by atoms with Crippen molar-refractivity contribution < 1.29 is 33.3 Å². The summed E-state index contributed by atoms with van der Waals surface area (Å²) < 4.78 is 20.1. The van der Waals surface area contributed by atoms with Gasteiger partial charge in [0.05, 0.1) is 12.2 Å². The average Bonchev–Trinajstić information content (AvgIpc) is 2.70. The van der Waals surface area contributed by atoms with Crippen molar-refractivity contribution in [1.82, 2.24) is 0 Å². The van der Waals surface area contributed by atoms with Gasteiger partial charge in [0.25, 0.3) is 0 Å². The van der Waals surface area contributed by atoms with E-state index in [9.17, 15) is 14.4 Å². The Bertz CT molecular complexity index is 823. The Kier molecular flexibility index (Phi) is 7.77. The summed E-state index contributed by atoms with van der Waals surface area (Å²) in [6.45, 7) is 5.59. The standard InChI is InChI=1S/C21H20O7/c1-3-5-14-25-21(24)28-18-8-6-15(7-9-18)20(23)27-17-12-10-16(11-13-17)26-19(22)4-2/h4,6-13H,2-3,5,14H2,1H3. The fourth-order valence-electron chi connectivity index (χ4n) is 1.98. The van der Waals surface area contributed by atoms with E-state index in [-0.39, 0.29) is 17.1 Å². The van der Waals surface area contributed by atoms with Crippen molar-refractivity contribution in [3.63, 3.8) is 0 Å². The average molecular weight is 384 g/mol. The highest BCUT2D eigenvalue weighted by molar-refractivity contribution is 5.91. The minimum absolute atomic E-state index is 0.256. The Morgan fingerprint density at radius 1 is 0.857 bits per heavy atom. The topological polar surface area (TPSA) is 88.1 Å². The van der Waals surface area contributed by atoms with Crippen LogP contribution >= 0.6 is 0 Å². The van der Waals surface area contributed by atoms with E-state index < -0.39 is 18.1 Å². The summed E-state index contributed by atoms with van der Waals surface area (Å²) in [5, 5.41) is 0. The van der Waals surface area contributed by atoms with Gasteiger partial charge in [-0.2, -0.15) is 0 Å². The first kappa shape index (κ1) is 20.7. The number of esters is 2. The lowest BCUT2D eigenvalue weighted by atomic mass is 10.2. The van der Waals surface area contributed by atoms with Crippen molar-refractivity contribution in [2.45, 2.75) is 19.8 Å². The molecule has 2 aromatic rings. The molecule has 0 saturated heterocycles. The van der Waals surface area contributed by atoms with Crippen LogP contribution in [0, 0.1) is 0 Å². The van der Waals surface area contributed by atoms with Crippen LogP contribution in [0.4, 0.5) is 4.79 Å². The van der Waals surface area contributed by atoms with Gasteiger partial charge in [0.1, 0.15) is 17.2 Å². The van der Waals surface area contributed by atoms with E-state index in [1.54, 1.807) is 0 Å². The summed E-state index contributed by atoms with van der Waals surface area (Å²) in [4.78, 5) is 34.8. The minimum Gasteiger partial charge on any atom is -0.434 e. The first-order valence-electron chi connectivity index (χ1n) is 8.63. The number of ether oxygens (including phenoxy) is 4. The molecule has 0 unspecified atom stereocenters. The van der Waals surface area contributed by atoms with Gasteiger partial charge in [-0.3, -0.25) is 0 Å². The molecule has 2 rings (SSSR count). The molecule has 0 N–H and O–H groups in total. The molecule has 0 heterocycles. The second kappa shape index (κ2) is 10.5. The predicted molar refractivity (Wildman–Crippen MR) is 101 cm³/mol. The molecule has 2 aromatic carbocycles. The number of hydrogen-bond acceptors (Lipinski definition) is 7. The number of carbonyl (C=O) groups excluding carboxylic acids is 3. The van der Waals surface area contributed by atoms with Crippen molar-refractivity contribution in [3.05, 3.63) is 66.7 Å². The van der Waals surface area contributed by atoms with Crippen molar-refractivity contribution in [1.29, 1.82) is 0 Å². The zero-order valence-corrected chi connectivity index (χ0v) is 15.4. The molecule has 0 aliphatic heterocycles. The maximum Gasteiger partial charge on any atom is 0.513 e. The molecule has 0 radical (unpaired) electrons. The van der Waals surface area contributed by atoms with E-state index in [0.29, 0.717) is 12.4 Å². The minimum atomic E-state index is -0.791. The van der Waals surface area contributed by atoms with Crippen LogP contribution in [0.3, 0.4) is 0 Å². The lowest BCUT2D eigenvalue weighted by Gasteiger charge is -2.07. The molecule has 0 atom stereocenters. The molecule has 0 saturated carbocycles. The molecule has 7 nitrogen and oxygen atoms in total. The summed E-state index contributed by atoms with van der Waals surface area (Å²) in [7, 11) is 0. The molecule has 0 aliphatic rings. The SMILES string of the molecule is C=CC(=O)Oc1ccc(OC(=O)c2ccc(OC(=O)OCCCC)cc2)cc1. The molecule has 0 bridgehead atoms. The first-order valence-corrected chi connectivity index (χ1v) is 8.63. The molecule has 0 amide bonds. The Hall–Kier alpha value is -3.61. The van der Waals surface area contributed by atoms with E-state index in [1.165, 1.54) is 48.5 Å². The van der Waals surface area contributed by atoms with Crippen molar-refractivity contribution in [2.75, 3.05) is 6.61 Å². The van der Waals surface area contributed by atoms with E-state index in [4.69, 9.17) is 18.9 Å². The van der Waals surface area contributed by atoms with Crippen LogP contribution < -0.4 is 14.2 Å². The van der Waals surface area contributed by atoms with Gasteiger partial charge in [0.15, 0.2) is 0 Å². The van der Waals surface area contributed by atoms with Gasteiger partial charge in [-0.05, 0) is 55.0 Å². The Morgan fingerprint density at radius 3 is 1.96 bits per heavy atom. The van der Waals surface area contributed by atoms with Gasteiger partial charge in [-0.1, -0.05) is 19.9 Å². The van der Waals surface area contributed by atoms with E-state index in [2.05, 4.69) is 6.58 Å². The van der Waals surface area contributed by atoms with Gasteiger partial charge >= 0.3 is 18.1 Å². The first-order chi connectivity index (χ1) is 13.5. The summed E-state index contributed by atoms with van der Waals surface area (Å²) in [6.07, 6.45) is 1.93. The molecule has 0 fully saturated rings. The molecule has 28 heavy (non-hydrogen) atoms. The smallest absolute Gasteiger partial charge is 0.434 e. The van der Waals surface area contributed by atoms with Crippen LogP contribution in [0.1, 0.15) is 30.1 Å². The normalized spacial score (nSPS) is 9.89. The van der Waals surface area contributed by atoms with Crippen molar-refractivity contribution in [2.24, 2.45) is 0 Å². The van der Waals surface area contributed by atoms with E-state index >= 15 is 0 Å². The lowest BCUT2D eigenvalue weighted by molar-refractivity contribution is -0.128. The highest BCUT2D eigenvalue weighted by Crippen LogP contribution is 2.20. The summed E-state index contributed by atoms with van der Waals surface area (Å²) in [5.74, 6) is -0.333. The van der Waals surface area contributed by atoms with Crippen molar-refractivity contribution >= 4 is 18.1 Å². The number of benzene rings is 2. The van der Waals surface area contributed by atoms with Crippen LogP contribution in [-0.2, 0) is 9.53 Å². The third kappa shape index (κ3) is 6.60. The molecule has 0 aromatic heterocycles. The van der Waals surface area contributed by atoms with Gasteiger partial charge in [0.2, 0.25) is 0 Å². The molecule has 0 spiro atoms. The highest BCUT2D eigenvalue weighted by atomic mass is 16.7. The molecular formula is C21H20O7. The zero-order valence-electron chi connectivity index (χ0n) is 15.4. The second-order valence-electron chi connectivity index (χ2n) is 5.56. The number of carbonyl (C=O) groups is 3. The fraction of sp³-hybridized carbons (Fsp3) is 0.190. The molecule has 0 aliphatic carbocycles. The molecule has 146 valence electrons. The number of rotatable bonds is 8. The van der Waals surface area contributed by atoms with Gasteiger partial charge < -0.3 is 18.9 Å². The summed E-state index contributed by atoms with van der Waals surface area (Å²) in [5.41, 5.74) is 0.272. The maximum absolute atomic E-state index is 12.2. The molecule has 7 heteroatoms. The number of unbranched alkanes of at least 4 members (excludes halogenated alkanes) is 1. The number of hydrogen-bond donors (Lipinski definition) is 0. The summed E-state index contributed by atoms with van der Waals surface area (Å²) >= 11 is 0. The fourth-order valence-corrected chi connectivity index (χ4v) is 1.98. The summed E-state index contributed by atoms with van der Waals surface area (Å²) in [6, 6.07) is 11.8. The van der Waals surface area contributed by atoms with E-state index in [1.807, 2.05) is 6.92 Å². The van der Waals surface area contributed by atoms with Gasteiger partial charge in [0, 0.05) is 6.08 Å². The zero-order chi connectivity index (χ0) is 20.4. The highest BCUT2D eigenvalue weighted by Gasteiger charge is 2.11. The Morgan fingerprint density at radius 2 is 1.39 bits per heavy atom.